The van der Waals surface area contributed by atoms with Crippen molar-refractivity contribution in [3.05, 3.63) is 0 Å². The smallest absolute Gasteiger partial charge is 0.286 e. The van der Waals surface area contributed by atoms with Crippen LogP contribution < -0.4 is 0 Å². The van der Waals surface area contributed by atoms with Gasteiger partial charge >= 0.3 is 65.7 Å². The van der Waals surface area contributed by atoms with Gasteiger partial charge in [0, 0.05) is 0 Å². The van der Waals surface area contributed by atoms with E-state index in [1.54, 1.807) is 0 Å². The van der Waals surface area contributed by atoms with Gasteiger partial charge in [0.05, 0.1) is 6.42 Å². The quantitative estimate of drug-likeness (QED) is 0.226. The summed E-state index contributed by atoms with van der Waals surface area (Å²) in [5, 5.41) is 0. The van der Waals surface area contributed by atoms with Gasteiger partial charge in [0.1, 0.15) is 0 Å². The van der Waals surface area contributed by atoms with E-state index in [2.05, 4.69) is 0 Å². The minimum Gasteiger partial charge on any atom is -0.286 e. The van der Waals surface area contributed by atoms with Crippen molar-refractivity contribution in [3.8, 4) is 0 Å². The highest BCUT2D eigenvalue weighted by Gasteiger charge is 2.95. The first-order valence-corrected chi connectivity index (χ1v) is 7.95. The minimum absolute atomic E-state index is 5.11. The van der Waals surface area contributed by atoms with E-state index in [1.165, 1.54) is 0 Å². The highest BCUT2D eigenvalue weighted by molar-refractivity contribution is 5.92. The van der Waals surface area contributed by atoms with Gasteiger partial charge in [-0.15, -0.1) is 0 Å². The van der Waals surface area contributed by atoms with Gasteiger partial charge < -0.3 is 0 Å². The molecule has 0 unspecified atom stereocenters. The van der Waals surface area contributed by atoms with Crippen LogP contribution in [0.2, 0.25) is 0 Å². The third-order valence-corrected chi connectivity index (χ3v) is 4.20. The number of ketones is 1. The number of hydrogen-bond acceptors (Lipinski definition) is 1. The van der Waals surface area contributed by atoms with E-state index in [1.807, 2.05) is 0 Å². The van der Waals surface area contributed by atoms with Crippen molar-refractivity contribution >= 4 is 5.78 Å². The molecule has 0 atom stereocenters. The third kappa shape index (κ3) is 4.78. The normalized spacial score (nSPS) is 16.6. The van der Waals surface area contributed by atoms with Crippen LogP contribution in [0.4, 0.5) is 105 Å². The Bertz CT molecular complexity index is 886. The molecule has 0 saturated heterocycles. The number of carbonyl (C=O) groups is 1. The summed E-state index contributed by atoms with van der Waals surface area (Å²) in [6.45, 7) is 0. The van der Waals surface area contributed by atoms with Gasteiger partial charge in [-0.05, 0) is 0 Å². The van der Waals surface area contributed by atoms with Crippen LogP contribution >= 0.6 is 0 Å². The first kappa shape index (κ1) is 36.0. The fourth-order valence-corrected chi connectivity index (χ4v) is 2.02. The van der Waals surface area contributed by atoms with Gasteiger partial charge in [0.15, 0.2) is 0 Å². The average Bonchev–Trinajstić information content (AvgIpc) is 2.63. The van der Waals surface area contributed by atoms with Crippen molar-refractivity contribution in [3.63, 3.8) is 0 Å². The number of carbonyl (C=O) groups excluding carboxylic acids is 1. The maximum absolute atomic E-state index is 13.4. The van der Waals surface area contributed by atoms with Crippen LogP contribution in [0.15, 0.2) is 0 Å². The molecule has 0 spiro atoms. The van der Waals surface area contributed by atoms with Crippen molar-refractivity contribution in [2.45, 2.75) is 72.1 Å². The SMILES string of the molecule is O=C(C(F)(F)CC(F)(F)C(F)(F)C(F)(F)C(F)(F)C(F)(F)C(F)(F)C(F)(F)C(F)(F)F)C(F)(F)C(F)(F)F. The lowest BCUT2D eigenvalue weighted by molar-refractivity contribution is -0.462. The van der Waals surface area contributed by atoms with Gasteiger partial charge in [0.25, 0.3) is 5.78 Å². The molecule has 0 aliphatic heterocycles. The monoisotopic (exact) mass is 630 g/mol. The van der Waals surface area contributed by atoms with Crippen LogP contribution in [0, 0.1) is 0 Å². The van der Waals surface area contributed by atoms with Crippen LogP contribution in [-0.4, -0.2) is 71.4 Å². The summed E-state index contributed by atoms with van der Waals surface area (Å²) in [6, 6.07) is 0. The van der Waals surface area contributed by atoms with Gasteiger partial charge in [0.2, 0.25) is 0 Å². The molecule has 25 heteroatoms. The van der Waals surface area contributed by atoms with E-state index < -0.39 is 77.9 Å². The molecule has 0 aliphatic carbocycles. The maximum atomic E-state index is 13.4. The predicted octanol–water partition coefficient (Wildman–Crippen LogP) is 7.79. The Morgan fingerprint density at radius 3 is 0.895 bits per heavy atom. The summed E-state index contributed by atoms with van der Waals surface area (Å²) in [7, 11) is 0. The Morgan fingerprint density at radius 1 is 0.368 bits per heavy atom. The molecule has 1 nitrogen and oxygen atoms in total. The summed E-state index contributed by atoms with van der Waals surface area (Å²) >= 11 is 0. The molecule has 0 radical (unpaired) electrons. The Balaban J connectivity index is 6.84. The lowest BCUT2D eigenvalue weighted by Crippen LogP contribution is -2.74. The zero-order valence-electron chi connectivity index (χ0n) is 16.2. The number of Topliss-reactive ketones (excluding diaryl/α,β-unsaturated/α-hetero) is 1. The first-order chi connectivity index (χ1) is 15.9. The van der Waals surface area contributed by atoms with E-state index >= 15 is 0 Å². The van der Waals surface area contributed by atoms with Crippen molar-refractivity contribution in [2.24, 2.45) is 0 Å². The number of rotatable bonds is 10. The molecule has 0 aromatic rings. The highest BCUT2D eigenvalue weighted by atomic mass is 19.4. The molecule has 0 aromatic heterocycles. The molecular formula is C13H2F24O. The maximum Gasteiger partial charge on any atom is 0.461 e. The van der Waals surface area contributed by atoms with Gasteiger partial charge in [-0.2, -0.15) is 105 Å². The summed E-state index contributed by atoms with van der Waals surface area (Å²) < 4.78 is 308. The van der Waals surface area contributed by atoms with E-state index in [9.17, 15) is 110 Å². The summed E-state index contributed by atoms with van der Waals surface area (Å²) in [5.41, 5.74) is 0. The Hall–Kier alpha value is -2.01. The molecule has 0 aromatic carbocycles. The molecule has 38 heavy (non-hydrogen) atoms. The molecule has 0 saturated carbocycles. The lowest BCUT2D eigenvalue weighted by atomic mass is 9.87. The van der Waals surface area contributed by atoms with Crippen molar-refractivity contribution in [2.75, 3.05) is 0 Å². The summed E-state index contributed by atoms with van der Waals surface area (Å²) in [5.74, 6) is -81.7. The van der Waals surface area contributed by atoms with Gasteiger partial charge in [-0.3, -0.25) is 4.79 Å². The average molecular weight is 630 g/mol. The standard InChI is InChI=1S/C13H2F24O/c14-3(15,2(38)5(18,19)12(32,33)34)1-4(16,17)6(20,21)7(22,23)8(24,25)9(26,27)10(28,29)11(30,31)13(35,36)37/h1H2. The molecule has 0 amide bonds. The first-order valence-electron chi connectivity index (χ1n) is 7.95. The fourth-order valence-electron chi connectivity index (χ4n) is 2.02. The van der Waals surface area contributed by atoms with Crippen molar-refractivity contribution in [1.29, 1.82) is 0 Å². The molecule has 0 aliphatic rings. The zero-order valence-corrected chi connectivity index (χ0v) is 16.2. The number of alkyl halides is 24. The van der Waals surface area contributed by atoms with Crippen molar-refractivity contribution < 1.29 is 110 Å². The predicted molar refractivity (Wildman–Crippen MR) is 66.3 cm³/mol. The van der Waals surface area contributed by atoms with Crippen LogP contribution in [0.5, 0.6) is 0 Å². The lowest BCUT2D eigenvalue weighted by Gasteiger charge is -2.43. The Kier molecular flexibility index (Phi) is 8.28. The van der Waals surface area contributed by atoms with Crippen LogP contribution in [0.25, 0.3) is 0 Å². The molecule has 0 N–H and O–H groups in total. The minimum atomic E-state index is -9.21. The van der Waals surface area contributed by atoms with E-state index in [-0.39, 0.29) is 0 Å². The van der Waals surface area contributed by atoms with Gasteiger partial charge in [-0.1, -0.05) is 0 Å². The Morgan fingerprint density at radius 2 is 0.632 bits per heavy atom. The van der Waals surface area contributed by atoms with E-state index in [0.717, 1.165) is 0 Å². The van der Waals surface area contributed by atoms with Crippen LogP contribution in [0.3, 0.4) is 0 Å². The van der Waals surface area contributed by atoms with E-state index in [4.69, 9.17) is 0 Å². The molecule has 0 fully saturated rings. The molecule has 0 rings (SSSR count). The molecule has 228 valence electrons. The van der Waals surface area contributed by atoms with Crippen molar-refractivity contribution in [1.82, 2.24) is 0 Å². The van der Waals surface area contributed by atoms with Crippen LogP contribution in [0.1, 0.15) is 6.42 Å². The second-order valence-corrected chi connectivity index (χ2v) is 6.93. The largest absolute Gasteiger partial charge is 0.461 e. The molecule has 0 bridgehead atoms. The fraction of sp³-hybridized carbons (Fsp3) is 0.923. The van der Waals surface area contributed by atoms with Gasteiger partial charge in [-0.25, -0.2) is 0 Å². The third-order valence-electron chi connectivity index (χ3n) is 4.20. The number of hydrogen-bond donors (Lipinski definition) is 0. The summed E-state index contributed by atoms with van der Waals surface area (Å²) in [4.78, 5) is 10.5. The second kappa shape index (κ2) is 8.74. The second-order valence-electron chi connectivity index (χ2n) is 6.93. The number of halogens is 24. The summed E-state index contributed by atoms with van der Waals surface area (Å²) in [6.07, 6.45) is -20.6. The molecule has 0 heterocycles. The topological polar surface area (TPSA) is 17.1 Å². The highest BCUT2D eigenvalue weighted by Crippen LogP contribution is 2.64. The van der Waals surface area contributed by atoms with Crippen LogP contribution in [-0.2, 0) is 4.79 Å². The Labute approximate surface area is 189 Å². The van der Waals surface area contributed by atoms with E-state index in [0.29, 0.717) is 0 Å². The molecular weight excluding hydrogens is 628 g/mol. The zero-order chi connectivity index (χ0) is 31.8.